The molecule has 1 heterocycles. The number of aromatic nitrogens is 2. The van der Waals surface area contributed by atoms with E-state index in [0.29, 0.717) is 0 Å². The lowest BCUT2D eigenvalue weighted by molar-refractivity contribution is 0.844. The van der Waals surface area contributed by atoms with E-state index in [2.05, 4.69) is 4.98 Å². The normalized spacial score (nSPS) is 10.1. The predicted molar refractivity (Wildman–Crippen MR) is 54.9 cm³/mol. The summed E-state index contributed by atoms with van der Waals surface area (Å²) < 4.78 is 1.52. The first kappa shape index (κ1) is 8.69. The molecule has 0 aliphatic rings. The fourth-order valence-corrected chi connectivity index (χ4v) is 1.25. The average Bonchev–Trinajstić information content (AvgIpc) is 2.23. The monoisotopic (exact) mass is 186 g/mol. The van der Waals surface area contributed by atoms with Crippen molar-refractivity contribution < 1.29 is 0 Å². The van der Waals surface area contributed by atoms with Crippen molar-refractivity contribution >= 4 is 0 Å². The first-order valence-electron chi connectivity index (χ1n) is 4.35. The zero-order valence-corrected chi connectivity index (χ0v) is 7.84. The van der Waals surface area contributed by atoms with Crippen molar-refractivity contribution in [3.63, 3.8) is 0 Å². The third kappa shape index (κ3) is 1.57. The maximum absolute atomic E-state index is 11.1. The van der Waals surface area contributed by atoms with E-state index >= 15 is 0 Å². The summed E-state index contributed by atoms with van der Waals surface area (Å²) in [7, 11) is 1.72. The third-order valence-corrected chi connectivity index (χ3v) is 2.05. The lowest BCUT2D eigenvalue weighted by atomic mass is 10.2. The Labute approximate surface area is 81.7 Å². The van der Waals surface area contributed by atoms with Crippen molar-refractivity contribution in [2.75, 3.05) is 0 Å². The van der Waals surface area contributed by atoms with Crippen molar-refractivity contribution in [3.8, 4) is 11.3 Å². The molecule has 3 nitrogen and oxygen atoms in total. The van der Waals surface area contributed by atoms with Crippen LogP contribution in [0.4, 0.5) is 0 Å². The molecule has 2 rings (SSSR count). The van der Waals surface area contributed by atoms with Crippen LogP contribution in [0.25, 0.3) is 11.3 Å². The van der Waals surface area contributed by atoms with Gasteiger partial charge >= 0.3 is 0 Å². The minimum absolute atomic E-state index is 0.0929. The van der Waals surface area contributed by atoms with Crippen LogP contribution >= 0.6 is 0 Å². The molecule has 3 heteroatoms. The van der Waals surface area contributed by atoms with Gasteiger partial charge in [-0.3, -0.25) is 4.79 Å². The van der Waals surface area contributed by atoms with Gasteiger partial charge in [-0.2, -0.15) is 0 Å². The van der Waals surface area contributed by atoms with Crippen LogP contribution in [-0.4, -0.2) is 9.55 Å². The van der Waals surface area contributed by atoms with E-state index in [1.54, 1.807) is 13.2 Å². The molecule has 1 aromatic carbocycles. The fraction of sp³-hybridized carbons (Fsp3) is 0.0909. The summed E-state index contributed by atoms with van der Waals surface area (Å²) in [5.74, 6) is 0. The molecule has 0 N–H and O–H groups in total. The highest BCUT2D eigenvalue weighted by molar-refractivity contribution is 5.57. The van der Waals surface area contributed by atoms with Gasteiger partial charge < -0.3 is 4.57 Å². The Bertz CT molecular complexity index is 488. The number of benzene rings is 1. The molecule has 0 bridgehead atoms. The van der Waals surface area contributed by atoms with E-state index in [1.165, 1.54) is 10.8 Å². The lowest BCUT2D eigenvalue weighted by Gasteiger charge is -2.01. The largest absolute Gasteiger partial charge is 0.315 e. The highest BCUT2D eigenvalue weighted by Crippen LogP contribution is 2.13. The molecule has 0 radical (unpaired) electrons. The van der Waals surface area contributed by atoms with Crippen LogP contribution in [0.2, 0.25) is 0 Å². The first-order valence-corrected chi connectivity index (χ1v) is 4.35. The first-order chi connectivity index (χ1) is 6.77. The molecule has 0 aliphatic carbocycles. The van der Waals surface area contributed by atoms with Crippen LogP contribution in [0.3, 0.4) is 0 Å². The highest BCUT2D eigenvalue weighted by Gasteiger charge is 1.98. The SMILES string of the molecule is Cn1cc(-c2ccccc2)ncc1=O. The summed E-state index contributed by atoms with van der Waals surface area (Å²) in [6.45, 7) is 0. The minimum atomic E-state index is -0.0929. The summed E-state index contributed by atoms with van der Waals surface area (Å²) in [6, 6.07) is 9.77. The molecule has 70 valence electrons. The van der Waals surface area contributed by atoms with Crippen LogP contribution in [-0.2, 0) is 7.05 Å². The van der Waals surface area contributed by atoms with Gasteiger partial charge in [-0.1, -0.05) is 30.3 Å². The maximum atomic E-state index is 11.1. The lowest BCUT2D eigenvalue weighted by Crippen LogP contribution is -2.15. The van der Waals surface area contributed by atoms with E-state index in [1.807, 2.05) is 30.3 Å². The molecule has 14 heavy (non-hydrogen) atoms. The number of rotatable bonds is 1. The molecule has 2 aromatic rings. The van der Waals surface area contributed by atoms with E-state index in [9.17, 15) is 4.79 Å². The molecular formula is C11H10N2O. The predicted octanol–water partition coefficient (Wildman–Crippen LogP) is 1.45. The molecule has 0 amide bonds. The molecule has 0 spiro atoms. The van der Waals surface area contributed by atoms with Gasteiger partial charge in [-0.05, 0) is 0 Å². The van der Waals surface area contributed by atoms with Gasteiger partial charge in [0.25, 0.3) is 5.56 Å². The van der Waals surface area contributed by atoms with E-state index in [0.717, 1.165) is 11.3 Å². The Morgan fingerprint density at radius 1 is 1.21 bits per heavy atom. The zero-order valence-electron chi connectivity index (χ0n) is 7.84. The van der Waals surface area contributed by atoms with Gasteiger partial charge in [0.1, 0.15) is 0 Å². The number of aryl methyl sites for hydroxylation is 1. The molecule has 1 aromatic heterocycles. The molecule has 0 atom stereocenters. The van der Waals surface area contributed by atoms with Crippen LogP contribution < -0.4 is 5.56 Å². The van der Waals surface area contributed by atoms with Crippen LogP contribution in [0.5, 0.6) is 0 Å². The van der Waals surface area contributed by atoms with Crippen molar-refractivity contribution in [2.24, 2.45) is 7.05 Å². The molecular weight excluding hydrogens is 176 g/mol. The maximum Gasteiger partial charge on any atom is 0.268 e. The van der Waals surface area contributed by atoms with Crippen LogP contribution in [0.15, 0.2) is 47.5 Å². The van der Waals surface area contributed by atoms with Crippen molar-refractivity contribution in [1.82, 2.24) is 9.55 Å². The van der Waals surface area contributed by atoms with Gasteiger partial charge in [0.2, 0.25) is 0 Å². The van der Waals surface area contributed by atoms with Crippen molar-refractivity contribution in [2.45, 2.75) is 0 Å². The van der Waals surface area contributed by atoms with Gasteiger partial charge in [0, 0.05) is 18.8 Å². The van der Waals surface area contributed by atoms with Crippen LogP contribution in [0.1, 0.15) is 0 Å². The van der Waals surface area contributed by atoms with Gasteiger partial charge in [-0.25, -0.2) is 4.98 Å². The molecule has 0 fully saturated rings. The smallest absolute Gasteiger partial charge is 0.268 e. The number of hydrogen-bond donors (Lipinski definition) is 0. The second-order valence-electron chi connectivity index (χ2n) is 3.09. The summed E-state index contributed by atoms with van der Waals surface area (Å²) in [5.41, 5.74) is 1.74. The Kier molecular flexibility index (Phi) is 2.14. The van der Waals surface area contributed by atoms with E-state index in [4.69, 9.17) is 0 Å². The zero-order chi connectivity index (χ0) is 9.97. The van der Waals surface area contributed by atoms with Crippen molar-refractivity contribution in [3.05, 3.63) is 53.1 Å². The second-order valence-corrected chi connectivity index (χ2v) is 3.09. The van der Waals surface area contributed by atoms with Gasteiger partial charge in [0.15, 0.2) is 0 Å². The second kappa shape index (κ2) is 3.46. The fourth-order valence-electron chi connectivity index (χ4n) is 1.25. The number of nitrogens with zero attached hydrogens (tertiary/aromatic N) is 2. The Balaban J connectivity index is 2.54. The Morgan fingerprint density at radius 2 is 1.93 bits per heavy atom. The Hall–Kier alpha value is -1.90. The quantitative estimate of drug-likeness (QED) is 0.675. The highest BCUT2D eigenvalue weighted by atomic mass is 16.1. The van der Waals surface area contributed by atoms with Crippen molar-refractivity contribution in [1.29, 1.82) is 0 Å². The molecule has 0 saturated heterocycles. The topological polar surface area (TPSA) is 34.9 Å². The average molecular weight is 186 g/mol. The summed E-state index contributed by atoms with van der Waals surface area (Å²) in [4.78, 5) is 15.2. The molecule has 0 saturated carbocycles. The Morgan fingerprint density at radius 3 is 2.57 bits per heavy atom. The minimum Gasteiger partial charge on any atom is -0.315 e. The molecule has 0 unspecified atom stereocenters. The standard InChI is InChI=1S/C11H10N2O/c1-13-8-10(12-7-11(13)14)9-5-3-2-4-6-9/h2-8H,1H3. The number of hydrogen-bond acceptors (Lipinski definition) is 2. The van der Waals surface area contributed by atoms with Gasteiger partial charge in [-0.15, -0.1) is 0 Å². The molecule has 0 aliphatic heterocycles. The third-order valence-electron chi connectivity index (χ3n) is 2.05. The van der Waals surface area contributed by atoms with Crippen LogP contribution in [0, 0.1) is 0 Å². The van der Waals surface area contributed by atoms with Gasteiger partial charge in [0.05, 0.1) is 11.9 Å². The van der Waals surface area contributed by atoms with E-state index in [-0.39, 0.29) is 5.56 Å². The van der Waals surface area contributed by atoms with E-state index < -0.39 is 0 Å². The summed E-state index contributed by atoms with van der Waals surface area (Å²) in [5, 5.41) is 0. The summed E-state index contributed by atoms with van der Waals surface area (Å²) in [6.07, 6.45) is 3.07. The summed E-state index contributed by atoms with van der Waals surface area (Å²) >= 11 is 0.